The monoisotopic (exact) mass is 325 g/mol. The number of rotatable bonds is 0. The number of hydrogen-bond acceptors (Lipinski definition) is 2. The second kappa shape index (κ2) is 5.16. The molecule has 19 heavy (non-hydrogen) atoms. The lowest BCUT2D eigenvalue weighted by molar-refractivity contribution is 0.0138. The van der Waals surface area contributed by atoms with E-state index in [1.54, 1.807) is 4.90 Å². The van der Waals surface area contributed by atoms with Crippen LogP contribution in [0.2, 0.25) is 0 Å². The van der Waals surface area contributed by atoms with E-state index >= 15 is 0 Å². The van der Waals surface area contributed by atoms with Crippen molar-refractivity contribution in [1.29, 1.82) is 0 Å². The summed E-state index contributed by atoms with van der Waals surface area (Å²) in [6, 6.07) is 6.43. The van der Waals surface area contributed by atoms with Crippen LogP contribution < -0.4 is 0 Å². The predicted molar refractivity (Wildman–Crippen MR) is 79.1 cm³/mol. The first kappa shape index (κ1) is 14.4. The summed E-state index contributed by atoms with van der Waals surface area (Å²) in [6.07, 6.45) is 0.646. The normalized spacial score (nSPS) is 19.0. The number of amides is 1. The lowest BCUT2D eigenvalue weighted by Crippen LogP contribution is -2.45. The van der Waals surface area contributed by atoms with Crippen LogP contribution in [0.25, 0.3) is 0 Å². The van der Waals surface area contributed by atoms with Gasteiger partial charge >= 0.3 is 6.09 Å². The first-order chi connectivity index (χ1) is 8.76. The highest BCUT2D eigenvalue weighted by atomic mass is 79.9. The highest BCUT2D eigenvalue weighted by Crippen LogP contribution is 2.27. The number of halogens is 1. The summed E-state index contributed by atoms with van der Waals surface area (Å²) in [5, 5.41) is 0. The molecule has 1 aromatic rings. The summed E-state index contributed by atoms with van der Waals surface area (Å²) >= 11 is 3.48. The van der Waals surface area contributed by atoms with Gasteiger partial charge in [-0.1, -0.05) is 22.0 Å². The first-order valence-corrected chi connectivity index (χ1v) is 7.32. The van der Waals surface area contributed by atoms with E-state index in [9.17, 15) is 4.79 Å². The Bertz CT molecular complexity index is 493. The predicted octanol–water partition coefficient (Wildman–Crippen LogP) is 4.13. The van der Waals surface area contributed by atoms with Gasteiger partial charge in [-0.15, -0.1) is 0 Å². The molecule has 0 bridgehead atoms. The number of carbonyl (C=O) groups excluding carboxylic acids is 1. The Morgan fingerprint density at radius 3 is 2.68 bits per heavy atom. The molecule has 0 aromatic heterocycles. The largest absolute Gasteiger partial charge is 0.444 e. The molecule has 104 valence electrons. The van der Waals surface area contributed by atoms with Crippen molar-refractivity contribution in [3.63, 3.8) is 0 Å². The second-order valence-electron chi connectivity index (χ2n) is 6.07. The lowest BCUT2D eigenvalue weighted by atomic mass is 9.95. The quantitative estimate of drug-likeness (QED) is 0.717. The molecule has 0 saturated carbocycles. The van der Waals surface area contributed by atoms with Crippen molar-refractivity contribution in [2.45, 2.75) is 52.3 Å². The van der Waals surface area contributed by atoms with E-state index in [2.05, 4.69) is 41.1 Å². The van der Waals surface area contributed by atoms with Gasteiger partial charge in [-0.25, -0.2) is 4.79 Å². The SMILES string of the molecule is C[C@H]1Cc2ccc(Br)cc2CN1C(=O)OC(C)(C)C. The van der Waals surface area contributed by atoms with Gasteiger partial charge < -0.3 is 9.64 Å². The van der Waals surface area contributed by atoms with E-state index in [1.807, 2.05) is 20.8 Å². The topological polar surface area (TPSA) is 29.5 Å². The van der Waals surface area contributed by atoms with Gasteiger partial charge in [-0.2, -0.15) is 0 Å². The van der Waals surface area contributed by atoms with Gasteiger partial charge in [0.2, 0.25) is 0 Å². The Morgan fingerprint density at radius 2 is 2.05 bits per heavy atom. The molecule has 2 rings (SSSR count). The van der Waals surface area contributed by atoms with Crippen molar-refractivity contribution >= 4 is 22.0 Å². The van der Waals surface area contributed by atoms with Crippen LogP contribution in [0.15, 0.2) is 22.7 Å². The molecule has 0 radical (unpaired) electrons. The number of ether oxygens (including phenoxy) is 1. The number of hydrogen-bond donors (Lipinski definition) is 0. The summed E-state index contributed by atoms with van der Waals surface area (Å²) in [5.74, 6) is 0. The smallest absolute Gasteiger partial charge is 0.410 e. The Kier molecular flexibility index (Phi) is 3.90. The van der Waals surface area contributed by atoms with Gasteiger partial charge in [-0.3, -0.25) is 0 Å². The van der Waals surface area contributed by atoms with Crippen LogP contribution in [-0.2, 0) is 17.7 Å². The van der Waals surface area contributed by atoms with E-state index in [0.29, 0.717) is 6.54 Å². The first-order valence-electron chi connectivity index (χ1n) is 6.53. The van der Waals surface area contributed by atoms with Crippen LogP contribution in [-0.4, -0.2) is 22.6 Å². The van der Waals surface area contributed by atoms with Crippen LogP contribution >= 0.6 is 15.9 Å². The highest BCUT2D eigenvalue weighted by molar-refractivity contribution is 9.10. The molecule has 0 N–H and O–H groups in total. The van der Waals surface area contributed by atoms with Crippen LogP contribution in [0.4, 0.5) is 4.79 Å². The number of fused-ring (bicyclic) bond motifs is 1. The molecule has 0 unspecified atom stereocenters. The fourth-order valence-electron chi connectivity index (χ4n) is 2.27. The van der Waals surface area contributed by atoms with E-state index in [-0.39, 0.29) is 12.1 Å². The molecule has 0 fully saturated rings. The number of benzene rings is 1. The number of nitrogens with zero attached hydrogens (tertiary/aromatic N) is 1. The molecule has 0 saturated heterocycles. The minimum absolute atomic E-state index is 0.170. The third-order valence-electron chi connectivity index (χ3n) is 3.18. The minimum Gasteiger partial charge on any atom is -0.444 e. The molecule has 3 nitrogen and oxygen atoms in total. The maximum absolute atomic E-state index is 12.2. The Labute approximate surface area is 123 Å². The minimum atomic E-state index is -0.450. The van der Waals surface area contributed by atoms with Crippen LogP contribution in [0.1, 0.15) is 38.8 Å². The zero-order chi connectivity index (χ0) is 14.2. The maximum Gasteiger partial charge on any atom is 0.410 e. The average Bonchev–Trinajstić information content (AvgIpc) is 2.26. The summed E-state index contributed by atoms with van der Waals surface area (Å²) in [5.41, 5.74) is 2.06. The van der Waals surface area contributed by atoms with Crippen LogP contribution in [0, 0.1) is 0 Å². The number of carbonyl (C=O) groups is 1. The van der Waals surface area contributed by atoms with Gasteiger partial charge in [-0.05, 0) is 57.4 Å². The van der Waals surface area contributed by atoms with E-state index in [1.165, 1.54) is 11.1 Å². The fourth-order valence-corrected chi connectivity index (χ4v) is 2.68. The molecule has 0 spiro atoms. The van der Waals surface area contributed by atoms with E-state index < -0.39 is 5.60 Å². The van der Waals surface area contributed by atoms with Gasteiger partial charge in [0.1, 0.15) is 5.60 Å². The van der Waals surface area contributed by atoms with Crippen molar-refractivity contribution in [2.75, 3.05) is 0 Å². The molecule has 1 aliphatic heterocycles. The molecule has 1 atom stereocenters. The van der Waals surface area contributed by atoms with Crippen molar-refractivity contribution in [1.82, 2.24) is 4.90 Å². The highest BCUT2D eigenvalue weighted by Gasteiger charge is 2.30. The van der Waals surface area contributed by atoms with Crippen LogP contribution in [0.3, 0.4) is 0 Å². The summed E-state index contributed by atoms with van der Waals surface area (Å²) < 4.78 is 6.51. The van der Waals surface area contributed by atoms with Crippen LogP contribution in [0.5, 0.6) is 0 Å². The van der Waals surface area contributed by atoms with Crippen molar-refractivity contribution in [2.24, 2.45) is 0 Å². The fraction of sp³-hybridized carbons (Fsp3) is 0.533. The second-order valence-corrected chi connectivity index (χ2v) is 6.99. The van der Waals surface area contributed by atoms with Crippen molar-refractivity contribution in [3.05, 3.63) is 33.8 Å². The van der Waals surface area contributed by atoms with Gasteiger partial charge in [0.25, 0.3) is 0 Å². The summed E-state index contributed by atoms with van der Waals surface area (Å²) in [6.45, 7) is 8.36. The van der Waals surface area contributed by atoms with Crippen molar-refractivity contribution in [3.8, 4) is 0 Å². The van der Waals surface area contributed by atoms with Crippen molar-refractivity contribution < 1.29 is 9.53 Å². The Morgan fingerprint density at radius 1 is 1.37 bits per heavy atom. The van der Waals surface area contributed by atoms with Gasteiger partial charge in [0, 0.05) is 17.1 Å². The zero-order valence-corrected chi connectivity index (χ0v) is 13.5. The molecule has 1 amide bonds. The molecule has 1 aliphatic rings. The lowest BCUT2D eigenvalue weighted by Gasteiger charge is -2.36. The standard InChI is InChI=1S/C15H20BrNO2/c1-10-7-11-5-6-13(16)8-12(11)9-17(10)14(18)19-15(2,3)4/h5-6,8,10H,7,9H2,1-4H3/t10-/m0/s1. The Balaban J connectivity index is 2.19. The molecule has 1 aromatic carbocycles. The molecular weight excluding hydrogens is 306 g/mol. The molecule has 4 heteroatoms. The molecular formula is C15H20BrNO2. The zero-order valence-electron chi connectivity index (χ0n) is 11.9. The van der Waals surface area contributed by atoms with E-state index in [0.717, 1.165) is 10.9 Å². The molecule has 1 heterocycles. The van der Waals surface area contributed by atoms with Gasteiger partial charge in [0.15, 0.2) is 0 Å². The third kappa shape index (κ3) is 3.50. The maximum atomic E-state index is 12.2. The molecule has 0 aliphatic carbocycles. The average molecular weight is 326 g/mol. The summed E-state index contributed by atoms with van der Waals surface area (Å²) in [4.78, 5) is 14.0. The third-order valence-corrected chi connectivity index (χ3v) is 3.68. The summed E-state index contributed by atoms with van der Waals surface area (Å²) in [7, 11) is 0. The van der Waals surface area contributed by atoms with Gasteiger partial charge in [0.05, 0.1) is 0 Å². The van der Waals surface area contributed by atoms with E-state index in [4.69, 9.17) is 4.74 Å². The Hall–Kier alpha value is -1.03.